The average molecular weight is 465 g/mol. The second kappa shape index (κ2) is 7.84. The summed E-state index contributed by atoms with van der Waals surface area (Å²) in [5, 5.41) is 14.4. The van der Waals surface area contributed by atoms with Crippen molar-refractivity contribution in [1.29, 1.82) is 5.26 Å². The van der Waals surface area contributed by atoms with Gasteiger partial charge in [-0.05, 0) is 25.1 Å². The monoisotopic (exact) mass is 465 g/mol. The molecule has 34 heavy (non-hydrogen) atoms. The highest BCUT2D eigenvalue weighted by Crippen LogP contribution is 2.42. The van der Waals surface area contributed by atoms with Crippen LogP contribution in [0, 0.1) is 11.3 Å². The number of hydrogen-bond donors (Lipinski definition) is 0. The lowest BCUT2D eigenvalue weighted by atomic mass is 10.2. The minimum atomic E-state index is -3.76. The Morgan fingerprint density at radius 2 is 1.94 bits per heavy atom. The van der Waals surface area contributed by atoms with Crippen LogP contribution in [-0.2, 0) is 17.9 Å². The minimum Gasteiger partial charge on any atom is -0.395 e. The van der Waals surface area contributed by atoms with Crippen molar-refractivity contribution in [2.75, 3.05) is 11.4 Å². The number of carbonyl (C=O) groups is 1. The topological polar surface area (TPSA) is 102 Å². The lowest BCUT2D eigenvalue weighted by Gasteiger charge is -2.21. The molecule has 11 heteroatoms. The molecule has 0 fully saturated rings. The number of fused-ring (bicyclic) bond motifs is 4. The molecule has 2 aromatic heterocycles. The number of nitrogens with zero attached hydrogens (tertiary/aromatic N) is 5. The predicted molar refractivity (Wildman–Crippen MR) is 118 cm³/mol. The van der Waals surface area contributed by atoms with Gasteiger partial charge in [0.1, 0.15) is 13.1 Å². The van der Waals surface area contributed by atoms with Gasteiger partial charge in [-0.15, -0.1) is 8.78 Å². The van der Waals surface area contributed by atoms with Crippen LogP contribution in [0.1, 0.15) is 6.92 Å². The van der Waals surface area contributed by atoms with Crippen LogP contribution in [0.5, 0.6) is 11.5 Å². The van der Waals surface area contributed by atoms with E-state index in [1.54, 1.807) is 23.6 Å². The Bertz CT molecular complexity index is 1550. The first-order chi connectivity index (χ1) is 16.3. The Labute approximate surface area is 190 Å². The van der Waals surface area contributed by atoms with E-state index in [0.29, 0.717) is 22.0 Å². The number of anilines is 1. The Morgan fingerprint density at radius 1 is 1.18 bits per heavy atom. The summed E-state index contributed by atoms with van der Waals surface area (Å²) in [4.78, 5) is 27.7. The smallest absolute Gasteiger partial charge is 0.395 e. The van der Waals surface area contributed by atoms with Crippen LogP contribution in [0.15, 0.2) is 53.5 Å². The molecule has 1 aliphatic rings. The van der Waals surface area contributed by atoms with Crippen molar-refractivity contribution < 1.29 is 23.0 Å². The molecule has 0 saturated heterocycles. The van der Waals surface area contributed by atoms with Crippen molar-refractivity contribution in [2.24, 2.45) is 0 Å². The van der Waals surface area contributed by atoms with Crippen molar-refractivity contribution in [2.45, 2.75) is 26.3 Å². The maximum absolute atomic E-state index is 13.3. The fourth-order valence-corrected chi connectivity index (χ4v) is 4.16. The van der Waals surface area contributed by atoms with Crippen molar-refractivity contribution in [3.8, 4) is 17.6 Å². The summed E-state index contributed by atoms with van der Waals surface area (Å²) < 4.78 is 38.3. The molecule has 0 N–H and O–H groups in total. The van der Waals surface area contributed by atoms with Gasteiger partial charge in [0.15, 0.2) is 11.5 Å². The van der Waals surface area contributed by atoms with Crippen LogP contribution >= 0.6 is 0 Å². The number of ether oxygens (including phenoxy) is 2. The van der Waals surface area contributed by atoms with Crippen molar-refractivity contribution >= 4 is 33.4 Å². The van der Waals surface area contributed by atoms with Gasteiger partial charge < -0.3 is 18.9 Å². The Balaban J connectivity index is 1.50. The molecule has 172 valence electrons. The van der Waals surface area contributed by atoms with Gasteiger partial charge in [0.2, 0.25) is 5.91 Å². The molecular formula is C23H17F2N5O4. The summed E-state index contributed by atoms with van der Waals surface area (Å²) in [6, 6.07) is 13.3. The molecule has 0 radical (unpaired) electrons. The molecule has 1 amide bonds. The molecule has 0 unspecified atom stereocenters. The van der Waals surface area contributed by atoms with E-state index in [1.807, 2.05) is 12.1 Å². The van der Waals surface area contributed by atoms with E-state index in [4.69, 9.17) is 0 Å². The third-order valence-electron chi connectivity index (χ3n) is 5.61. The van der Waals surface area contributed by atoms with Crippen LogP contribution in [-0.4, -0.2) is 33.1 Å². The number of benzene rings is 2. The number of rotatable bonds is 5. The van der Waals surface area contributed by atoms with Crippen LogP contribution in [0.25, 0.3) is 21.8 Å². The molecule has 2 aromatic carbocycles. The molecule has 9 nitrogen and oxygen atoms in total. The van der Waals surface area contributed by atoms with Crippen molar-refractivity contribution in [3.63, 3.8) is 0 Å². The molecule has 0 spiro atoms. The maximum atomic E-state index is 13.3. The van der Waals surface area contributed by atoms with E-state index >= 15 is 0 Å². The summed E-state index contributed by atoms with van der Waals surface area (Å²) in [5.41, 5.74) is 1.06. The van der Waals surface area contributed by atoms with E-state index in [-0.39, 0.29) is 31.1 Å². The summed E-state index contributed by atoms with van der Waals surface area (Å²) in [6.45, 7) is 1.60. The summed E-state index contributed by atoms with van der Waals surface area (Å²) in [7, 11) is 0. The van der Waals surface area contributed by atoms with E-state index in [2.05, 4.69) is 20.6 Å². The summed E-state index contributed by atoms with van der Waals surface area (Å²) in [5.74, 6) is -0.784. The molecular weight excluding hydrogens is 448 g/mol. The number of carbonyl (C=O) groups excluding carboxylic acids is 1. The zero-order valence-corrected chi connectivity index (χ0v) is 17.9. The van der Waals surface area contributed by atoms with Gasteiger partial charge in [-0.3, -0.25) is 9.59 Å². The number of halogens is 2. The third kappa shape index (κ3) is 3.40. The molecule has 0 saturated carbocycles. The van der Waals surface area contributed by atoms with Gasteiger partial charge in [-0.1, -0.05) is 18.2 Å². The third-order valence-corrected chi connectivity index (χ3v) is 5.61. The number of aromatic nitrogens is 3. The van der Waals surface area contributed by atoms with Crippen LogP contribution in [0.4, 0.5) is 14.5 Å². The molecule has 0 aliphatic carbocycles. The second-order valence-electron chi connectivity index (χ2n) is 7.57. The first-order valence-corrected chi connectivity index (χ1v) is 10.4. The van der Waals surface area contributed by atoms with Crippen LogP contribution in [0.2, 0.25) is 0 Å². The SMILES string of the molecule is CCN(C(=O)Cn1ncc2c(c1=O)c1ccccc1n2CC#N)c1ccc2c(c1)OC(F)(F)O2. The predicted octanol–water partition coefficient (Wildman–Crippen LogP) is 3.25. The Kier molecular flexibility index (Phi) is 4.93. The number of hydrogen-bond acceptors (Lipinski definition) is 6. The number of amides is 1. The first kappa shape index (κ1) is 21.4. The van der Waals surface area contributed by atoms with Gasteiger partial charge in [-0.2, -0.15) is 10.4 Å². The van der Waals surface area contributed by atoms with Gasteiger partial charge in [-0.25, -0.2) is 4.68 Å². The molecule has 3 heterocycles. The highest BCUT2D eigenvalue weighted by Gasteiger charge is 2.43. The van der Waals surface area contributed by atoms with E-state index < -0.39 is 17.8 Å². The summed E-state index contributed by atoms with van der Waals surface area (Å²) >= 11 is 0. The quantitative estimate of drug-likeness (QED) is 0.448. The van der Waals surface area contributed by atoms with Gasteiger partial charge in [0.25, 0.3) is 5.56 Å². The van der Waals surface area contributed by atoms with Gasteiger partial charge >= 0.3 is 6.29 Å². The first-order valence-electron chi connectivity index (χ1n) is 10.4. The molecule has 0 bridgehead atoms. The zero-order valence-electron chi connectivity index (χ0n) is 17.9. The van der Waals surface area contributed by atoms with E-state index in [1.165, 1.54) is 29.3 Å². The van der Waals surface area contributed by atoms with Crippen LogP contribution in [0.3, 0.4) is 0 Å². The highest BCUT2D eigenvalue weighted by atomic mass is 19.3. The zero-order chi connectivity index (χ0) is 24.0. The van der Waals surface area contributed by atoms with Crippen LogP contribution < -0.4 is 19.9 Å². The lowest BCUT2D eigenvalue weighted by molar-refractivity contribution is -0.286. The second-order valence-corrected chi connectivity index (χ2v) is 7.57. The number of likely N-dealkylation sites (N-methyl/N-ethyl adjacent to an activating group) is 1. The molecule has 5 rings (SSSR count). The van der Waals surface area contributed by atoms with E-state index in [9.17, 15) is 23.6 Å². The number of nitriles is 1. The standard InChI is InChI=1S/C23H17F2N5O4/c1-2-28(14-7-8-18-19(11-14)34-23(24,25)33-18)20(31)13-30-22(32)21-15-5-3-4-6-16(15)29(10-9-26)17(21)12-27-30/h3-8,11-12H,2,10,13H2,1H3. The lowest BCUT2D eigenvalue weighted by Crippen LogP contribution is -2.37. The van der Waals surface area contributed by atoms with Gasteiger partial charge in [0.05, 0.1) is 28.7 Å². The van der Waals surface area contributed by atoms with Crippen molar-refractivity contribution in [1.82, 2.24) is 14.3 Å². The molecule has 1 aliphatic heterocycles. The number of para-hydroxylation sites is 1. The normalized spacial score (nSPS) is 13.8. The number of alkyl halides is 2. The molecule has 4 aromatic rings. The fraction of sp³-hybridized carbons (Fsp3) is 0.217. The fourth-order valence-electron chi connectivity index (χ4n) is 4.16. The Morgan fingerprint density at radius 3 is 2.71 bits per heavy atom. The average Bonchev–Trinajstić information content (AvgIpc) is 3.29. The largest absolute Gasteiger partial charge is 0.586 e. The molecule has 0 atom stereocenters. The van der Waals surface area contributed by atoms with E-state index in [0.717, 1.165) is 10.2 Å². The maximum Gasteiger partial charge on any atom is 0.586 e. The van der Waals surface area contributed by atoms with Gasteiger partial charge in [0, 0.05) is 23.7 Å². The summed E-state index contributed by atoms with van der Waals surface area (Å²) in [6.07, 6.45) is -2.31. The van der Waals surface area contributed by atoms with Crippen molar-refractivity contribution in [3.05, 3.63) is 59.0 Å². The highest BCUT2D eigenvalue weighted by molar-refractivity contribution is 6.07. The minimum absolute atomic E-state index is 0.0425. The Hall–Kier alpha value is -4.46.